The second-order valence-electron chi connectivity index (χ2n) is 4.83. The molecule has 4 heteroatoms. The number of ether oxygens (including phenoxy) is 1. The predicted molar refractivity (Wildman–Crippen MR) is 62.5 cm³/mol. The first-order chi connectivity index (χ1) is 8.35. The second-order valence-corrected chi connectivity index (χ2v) is 4.83. The minimum Gasteiger partial charge on any atom is -0.487 e. The average molecular weight is 229 g/mol. The van der Waals surface area contributed by atoms with Crippen LogP contribution in [0.4, 0.5) is 0 Å². The van der Waals surface area contributed by atoms with Gasteiger partial charge >= 0.3 is 0 Å². The van der Waals surface area contributed by atoms with E-state index in [0.717, 1.165) is 12.8 Å². The van der Waals surface area contributed by atoms with Crippen molar-refractivity contribution in [2.75, 3.05) is 0 Å². The van der Waals surface area contributed by atoms with Crippen LogP contribution >= 0.6 is 0 Å². The molecule has 0 aromatic carbocycles. The molecule has 3 heterocycles. The first-order valence-electron chi connectivity index (χ1n) is 6.12. The van der Waals surface area contributed by atoms with Crippen LogP contribution in [-0.4, -0.2) is 23.2 Å². The van der Waals surface area contributed by atoms with Crippen LogP contribution in [-0.2, 0) is 0 Å². The molecule has 1 aromatic rings. The number of hydrogen-bond acceptors (Lipinski definition) is 4. The number of hydrogen-bond donors (Lipinski definition) is 1. The predicted octanol–water partition coefficient (Wildman–Crippen LogP) is 1.62. The molecular formula is C13H15N3O. The number of fused-ring (bicyclic) bond motifs is 2. The molecule has 2 unspecified atom stereocenters. The molecule has 0 amide bonds. The van der Waals surface area contributed by atoms with Crippen molar-refractivity contribution in [3.8, 4) is 11.8 Å². The van der Waals surface area contributed by atoms with Crippen molar-refractivity contribution >= 4 is 0 Å². The molecule has 1 N–H and O–H groups in total. The number of rotatable bonds is 2. The van der Waals surface area contributed by atoms with Gasteiger partial charge in [0, 0.05) is 18.3 Å². The lowest BCUT2D eigenvalue weighted by molar-refractivity contribution is 0.136. The van der Waals surface area contributed by atoms with E-state index in [-0.39, 0.29) is 6.10 Å². The Labute approximate surface area is 101 Å². The van der Waals surface area contributed by atoms with Gasteiger partial charge in [-0.25, -0.2) is 0 Å². The standard InChI is InChI=1S/C13H15N3O/c14-7-9-3-4-15-8-13(9)17-12-5-10-1-2-11(6-12)16-10/h3-4,8,10-12,16H,1-2,5-6H2. The second kappa shape index (κ2) is 4.34. The van der Waals surface area contributed by atoms with Crippen LogP contribution in [0.5, 0.6) is 5.75 Å². The number of nitrogens with zero attached hydrogens (tertiary/aromatic N) is 2. The van der Waals surface area contributed by atoms with Crippen molar-refractivity contribution in [1.82, 2.24) is 10.3 Å². The molecule has 4 nitrogen and oxygen atoms in total. The molecule has 1 aromatic heterocycles. The molecular weight excluding hydrogens is 214 g/mol. The molecule has 2 saturated heterocycles. The third kappa shape index (κ3) is 2.11. The summed E-state index contributed by atoms with van der Waals surface area (Å²) in [5.41, 5.74) is 0.575. The van der Waals surface area contributed by atoms with Crippen LogP contribution in [0.2, 0.25) is 0 Å². The van der Waals surface area contributed by atoms with E-state index >= 15 is 0 Å². The van der Waals surface area contributed by atoms with Crippen molar-refractivity contribution in [3.63, 3.8) is 0 Å². The van der Waals surface area contributed by atoms with Gasteiger partial charge in [0.25, 0.3) is 0 Å². The topological polar surface area (TPSA) is 57.9 Å². The zero-order chi connectivity index (χ0) is 11.7. The third-order valence-corrected chi connectivity index (χ3v) is 3.63. The van der Waals surface area contributed by atoms with E-state index in [9.17, 15) is 0 Å². The van der Waals surface area contributed by atoms with Crippen molar-refractivity contribution in [2.24, 2.45) is 0 Å². The fourth-order valence-corrected chi connectivity index (χ4v) is 2.85. The third-order valence-electron chi connectivity index (χ3n) is 3.63. The van der Waals surface area contributed by atoms with Crippen molar-refractivity contribution in [1.29, 1.82) is 5.26 Å². The highest BCUT2D eigenvalue weighted by molar-refractivity contribution is 5.40. The molecule has 2 atom stereocenters. The summed E-state index contributed by atoms with van der Waals surface area (Å²) in [6, 6.07) is 5.04. The molecule has 2 bridgehead atoms. The van der Waals surface area contributed by atoms with Gasteiger partial charge in [0.1, 0.15) is 12.2 Å². The first-order valence-corrected chi connectivity index (χ1v) is 6.12. The SMILES string of the molecule is N#Cc1ccncc1OC1CC2CCC(C1)N2. The highest BCUT2D eigenvalue weighted by Crippen LogP contribution is 2.30. The maximum absolute atomic E-state index is 8.99. The zero-order valence-electron chi connectivity index (χ0n) is 9.60. The van der Waals surface area contributed by atoms with E-state index in [1.807, 2.05) is 0 Å². The Balaban J connectivity index is 1.73. The number of nitrogens with one attached hydrogen (secondary N) is 1. The maximum atomic E-state index is 8.99. The van der Waals surface area contributed by atoms with Gasteiger partial charge in [-0.2, -0.15) is 5.26 Å². The summed E-state index contributed by atoms with van der Waals surface area (Å²) in [6.45, 7) is 0. The van der Waals surface area contributed by atoms with Crippen molar-refractivity contribution < 1.29 is 4.74 Å². The van der Waals surface area contributed by atoms with E-state index in [4.69, 9.17) is 10.00 Å². The molecule has 2 fully saturated rings. The molecule has 0 saturated carbocycles. The Bertz CT molecular complexity index is 442. The Morgan fingerprint density at radius 2 is 2.12 bits per heavy atom. The summed E-state index contributed by atoms with van der Waals surface area (Å²) in [5, 5.41) is 12.6. The number of nitriles is 1. The highest BCUT2D eigenvalue weighted by Gasteiger charge is 2.34. The summed E-state index contributed by atoms with van der Waals surface area (Å²) >= 11 is 0. The van der Waals surface area contributed by atoms with E-state index in [2.05, 4.69) is 16.4 Å². The van der Waals surface area contributed by atoms with Gasteiger partial charge in [-0.05, 0) is 31.7 Å². The smallest absolute Gasteiger partial charge is 0.155 e. The average Bonchev–Trinajstić information content (AvgIpc) is 2.69. The molecule has 88 valence electrons. The van der Waals surface area contributed by atoms with Crippen molar-refractivity contribution in [3.05, 3.63) is 24.0 Å². The first kappa shape index (κ1) is 10.5. The summed E-state index contributed by atoms with van der Waals surface area (Å²) in [7, 11) is 0. The van der Waals surface area contributed by atoms with Gasteiger partial charge in [-0.3, -0.25) is 4.98 Å². The normalized spacial score (nSPS) is 30.9. The van der Waals surface area contributed by atoms with Gasteiger partial charge < -0.3 is 10.1 Å². The van der Waals surface area contributed by atoms with Crippen LogP contribution in [0, 0.1) is 11.3 Å². The fourth-order valence-electron chi connectivity index (χ4n) is 2.85. The van der Waals surface area contributed by atoms with Gasteiger partial charge in [0.2, 0.25) is 0 Å². The monoisotopic (exact) mass is 229 g/mol. The number of pyridine rings is 1. The minimum absolute atomic E-state index is 0.227. The van der Waals surface area contributed by atoms with Crippen molar-refractivity contribution in [2.45, 2.75) is 43.9 Å². The van der Waals surface area contributed by atoms with Gasteiger partial charge in [-0.1, -0.05) is 0 Å². The summed E-state index contributed by atoms with van der Waals surface area (Å²) in [4.78, 5) is 4.02. The molecule has 0 aliphatic carbocycles. The van der Waals surface area contributed by atoms with Gasteiger partial charge in [0.05, 0.1) is 11.8 Å². The van der Waals surface area contributed by atoms with E-state index in [1.165, 1.54) is 12.8 Å². The van der Waals surface area contributed by atoms with Crippen LogP contribution in [0.15, 0.2) is 18.5 Å². The Kier molecular flexibility index (Phi) is 2.69. The van der Waals surface area contributed by atoms with E-state index in [0.29, 0.717) is 23.4 Å². The Morgan fingerprint density at radius 1 is 1.35 bits per heavy atom. The molecule has 17 heavy (non-hydrogen) atoms. The molecule has 0 radical (unpaired) electrons. The summed E-state index contributed by atoms with van der Waals surface area (Å²) in [6.07, 6.45) is 8.07. The minimum atomic E-state index is 0.227. The molecule has 3 rings (SSSR count). The van der Waals surface area contributed by atoms with Gasteiger partial charge in [-0.15, -0.1) is 0 Å². The molecule has 2 aliphatic rings. The fraction of sp³-hybridized carbons (Fsp3) is 0.538. The molecule has 2 aliphatic heterocycles. The maximum Gasteiger partial charge on any atom is 0.155 e. The van der Waals surface area contributed by atoms with E-state index < -0.39 is 0 Å². The van der Waals surface area contributed by atoms with Gasteiger partial charge in [0.15, 0.2) is 5.75 Å². The number of piperidine rings is 1. The summed E-state index contributed by atoms with van der Waals surface area (Å²) < 4.78 is 5.93. The largest absolute Gasteiger partial charge is 0.487 e. The highest BCUT2D eigenvalue weighted by atomic mass is 16.5. The lowest BCUT2D eigenvalue weighted by atomic mass is 10.0. The Morgan fingerprint density at radius 3 is 2.82 bits per heavy atom. The lowest BCUT2D eigenvalue weighted by Crippen LogP contribution is -2.42. The zero-order valence-corrected chi connectivity index (χ0v) is 9.60. The Hall–Kier alpha value is -1.60. The van der Waals surface area contributed by atoms with Crippen LogP contribution in [0.1, 0.15) is 31.2 Å². The van der Waals surface area contributed by atoms with E-state index in [1.54, 1.807) is 18.5 Å². The quantitative estimate of drug-likeness (QED) is 0.837. The van der Waals surface area contributed by atoms with Crippen LogP contribution < -0.4 is 10.1 Å². The summed E-state index contributed by atoms with van der Waals surface area (Å²) in [5.74, 6) is 0.626. The molecule has 0 spiro atoms. The van der Waals surface area contributed by atoms with Crippen LogP contribution in [0.25, 0.3) is 0 Å². The lowest BCUT2D eigenvalue weighted by Gasteiger charge is -2.29. The number of aromatic nitrogens is 1. The van der Waals surface area contributed by atoms with Crippen LogP contribution in [0.3, 0.4) is 0 Å².